The van der Waals surface area contributed by atoms with Gasteiger partial charge in [-0.3, -0.25) is 0 Å². The lowest BCUT2D eigenvalue weighted by Gasteiger charge is -2.13. The molecule has 1 aromatic carbocycles. The standard InChI is InChI=1S/C12H14BrNO3/c13-10-1-3-11(4-2-10)17-8-9-5-6-14(7-9)12(15)16/h1-4,9H,5-8H2,(H,15,16)/t9-/m0/s1. The Kier molecular flexibility index (Phi) is 3.89. The molecule has 0 saturated carbocycles. The molecule has 0 aliphatic carbocycles. The number of hydrogen-bond donors (Lipinski definition) is 1. The highest BCUT2D eigenvalue weighted by Gasteiger charge is 2.26. The molecule has 1 atom stereocenters. The summed E-state index contributed by atoms with van der Waals surface area (Å²) in [6.07, 6.45) is 0.0409. The van der Waals surface area contributed by atoms with Gasteiger partial charge < -0.3 is 14.7 Å². The highest BCUT2D eigenvalue weighted by Crippen LogP contribution is 2.20. The lowest BCUT2D eigenvalue weighted by molar-refractivity contribution is 0.151. The van der Waals surface area contributed by atoms with Gasteiger partial charge in [0.1, 0.15) is 5.75 Å². The number of amides is 1. The molecular formula is C12H14BrNO3. The van der Waals surface area contributed by atoms with Gasteiger partial charge in [-0.1, -0.05) is 15.9 Å². The zero-order chi connectivity index (χ0) is 12.3. The summed E-state index contributed by atoms with van der Waals surface area (Å²) in [6.45, 7) is 1.76. The summed E-state index contributed by atoms with van der Waals surface area (Å²) in [7, 11) is 0. The maximum absolute atomic E-state index is 10.7. The number of carbonyl (C=O) groups is 1. The Balaban J connectivity index is 1.80. The van der Waals surface area contributed by atoms with Crippen LogP contribution in [0.15, 0.2) is 28.7 Å². The molecule has 1 amide bonds. The van der Waals surface area contributed by atoms with E-state index in [1.54, 1.807) is 0 Å². The van der Waals surface area contributed by atoms with E-state index in [9.17, 15) is 4.79 Å². The Morgan fingerprint density at radius 3 is 2.76 bits per heavy atom. The van der Waals surface area contributed by atoms with E-state index in [4.69, 9.17) is 9.84 Å². The average molecular weight is 300 g/mol. The van der Waals surface area contributed by atoms with Crippen LogP contribution in [0.2, 0.25) is 0 Å². The van der Waals surface area contributed by atoms with Crippen molar-refractivity contribution in [1.29, 1.82) is 0 Å². The van der Waals surface area contributed by atoms with Crippen molar-refractivity contribution >= 4 is 22.0 Å². The fourth-order valence-electron chi connectivity index (χ4n) is 1.89. The molecule has 0 bridgehead atoms. The van der Waals surface area contributed by atoms with Gasteiger partial charge >= 0.3 is 6.09 Å². The molecule has 0 spiro atoms. The summed E-state index contributed by atoms with van der Waals surface area (Å²) < 4.78 is 6.65. The highest BCUT2D eigenvalue weighted by molar-refractivity contribution is 9.10. The van der Waals surface area contributed by atoms with Crippen LogP contribution in [0.5, 0.6) is 5.75 Å². The molecule has 0 unspecified atom stereocenters. The zero-order valence-electron chi connectivity index (χ0n) is 9.30. The molecule has 1 fully saturated rings. The van der Waals surface area contributed by atoms with Gasteiger partial charge in [0, 0.05) is 23.5 Å². The number of carboxylic acid groups (broad SMARTS) is 1. The van der Waals surface area contributed by atoms with Crippen molar-refractivity contribution in [2.24, 2.45) is 5.92 Å². The van der Waals surface area contributed by atoms with Gasteiger partial charge in [-0.15, -0.1) is 0 Å². The van der Waals surface area contributed by atoms with Crippen molar-refractivity contribution < 1.29 is 14.6 Å². The highest BCUT2D eigenvalue weighted by atomic mass is 79.9. The number of benzene rings is 1. The first-order chi connectivity index (χ1) is 8.15. The predicted molar refractivity (Wildman–Crippen MR) is 67.3 cm³/mol. The summed E-state index contributed by atoms with van der Waals surface area (Å²) in [4.78, 5) is 12.2. The van der Waals surface area contributed by atoms with Gasteiger partial charge in [0.05, 0.1) is 6.61 Å². The molecule has 1 N–H and O–H groups in total. The first-order valence-corrected chi connectivity index (χ1v) is 6.30. The minimum Gasteiger partial charge on any atom is -0.493 e. The summed E-state index contributed by atoms with van der Waals surface area (Å²) in [6, 6.07) is 7.64. The lowest BCUT2D eigenvalue weighted by Crippen LogP contribution is -2.27. The molecule has 1 aromatic rings. The number of rotatable bonds is 3. The van der Waals surface area contributed by atoms with Crippen LogP contribution in [-0.2, 0) is 0 Å². The van der Waals surface area contributed by atoms with E-state index in [1.807, 2.05) is 24.3 Å². The normalized spacial score (nSPS) is 19.4. The van der Waals surface area contributed by atoms with E-state index < -0.39 is 6.09 Å². The number of likely N-dealkylation sites (tertiary alicyclic amines) is 1. The summed E-state index contributed by atoms with van der Waals surface area (Å²) >= 11 is 3.36. The van der Waals surface area contributed by atoms with Gasteiger partial charge in [0.2, 0.25) is 0 Å². The fourth-order valence-corrected chi connectivity index (χ4v) is 2.15. The summed E-state index contributed by atoms with van der Waals surface area (Å²) in [5.41, 5.74) is 0. The minimum atomic E-state index is -0.837. The summed E-state index contributed by atoms with van der Waals surface area (Å²) in [5.74, 6) is 1.12. The second kappa shape index (κ2) is 5.40. The predicted octanol–water partition coefficient (Wildman–Crippen LogP) is 2.83. The largest absolute Gasteiger partial charge is 0.493 e. The Morgan fingerprint density at radius 1 is 1.47 bits per heavy atom. The van der Waals surface area contributed by atoms with E-state index >= 15 is 0 Å². The number of nitrogens with zero attached hydrogens (tertiary/aromatic N) is 1. The van der Waals surface area contributed by atoms with E-state index in [0.717, 1.165) is 16.6 Å². The average Bonchev–Trinajstić information content (AvgIpc) is 2.77. The summed E-state index contributed by atoms with van der Waals surface area (Å²) in [5, 5.41) is 8.83. The number of halogens is 1. The third-order valence-electron chi connectivity index (χ3n) is 2.86. The zero-order valence-corrected chi connectivity index (χ0v) is 10.9. The Labute approximate surface area is 108 Å². The molecule has 1 heterocycles. The Bertz CT molecular complexity index is 393. The van der Waals surface area contributed by atoms with E-state index in [1.165, 1.54) is 4.90 Å². The van der Waals surface area contributed by atoms with E-state index in [0.29, 0.717) is 25.6 Å². The molecule has 0 aromatic heterocycles. The maximum atomic E-state index is 10.7. The topological polar surface area (TPSA) is 49.8 Å². The van der Waals surface area contributed by atoms with Crippen LogP contribution in [-0.4, -0.2) is 35.8 Å². The van der Waals surface area contributed by atoms with E-state index in [2.05, 4.69) is 15.9 Å². The maximum Gasteiger partial charge on any atom is 0.407 e. The second-order valence-electron chi connectivity index (χ2n) is 4.15. The van der Waals surface area contributed by atoms with Crippen molar-refractivity contribution in [3.05, 3.63) is 28.7 Å². The number of hydrogen-bond acceptors (Lipinski definition) is 2. The third kappa shape index (κ3) is 3.36. The molecule has 4 nitrogen and oxygen atoms in total. The molecule has 1 aliphatic rings. The molecule has 5 heteroatoms. The SMILES string of the molecule is O=C(O)N1CC[C@H](COc2ccc(Br)cc2)C1. The monoisotopic (exact) mass is 299 g/mol. The first-order valence-electron chi connectivity index (χ1n) is 5.51. The van der Waals surface area contributed by atoms with Crippen molar-refractivity contribution in [3.63, 3.8) is 0 Å². The molecule has 1 aliphatic heterocycles. The molecule has 0 radical (unpaired) electrons. The van der Waals surface area contributed by atoms with Gasteiger partial charge in [0.25, 0.3) is 0 Å². The van der Waals surface area contributed by atoms with Crippen molar-refractivity contribution in [3.8, 4) is 5.75 Å². The van der Waals surface area contributed by atoms with Crippen molar-refractivity contribution in [2.45, 2.75) is 6.42 Å². The molecule has 17 heavy (non-hydrogen) atoms. The van der Waals surface area contributed by atoms with Crippen LogP contribution in [0.1, 0.15) is 6.42 Å². The van der Waals surface area contributed by atoms with Crippen LogP contribution in [0, 0.1) is 5.92 Å². The third-order valence-corrected chi connectivity index (χ3v) is 3.38. The quantitative estimate of drug-likeness (QED) is 0.934. The molecular weight excluding hydrogens is 286 g/mol. The molecule has 1 saturated heterocycles. The fraction of sp³-hybridized carbons (Fsp3) is 0.417. The smallest absolute Gasteiger partial charge is 0.407 e. The number of ether oxygens (including phenoxy) is 1. The van der Waals surface area contributed by atoms with Gasteiger partial charge in [-0.25, -0.2) is 4.79 Å². The van der Waals surface area contributed by atoms with Crippen LogP contribution in [0.4, 0.5) is 4.79 Å². The minimum absolute atomic E-state index is 0.301. The Morgan fingerprint density at radius 2 is 2.18 bits per heavy atom. The van der Waals surface area contributed by atoms with E-state index in [-0.39, 0.29) is 0 Å². The van der Waals surface area contributed by atoms with Crippen LogP contribution in [0.25, 0.3) is 0 Å². The lowest BCUT2D eigenvalue weighted by atomic mass is 10.1. The van der Waals surface area contributed by atoms with Gasteiger partial charge in [-0.2, -0.15) is 0 Å². The van der Waals surface area contributed by atoms with Crippen molar-refractivity contribution in [1.82, 2.24) is 4.90 Å². The molecule has 92 valence electrons. The van der Waals surface area contributed by atoms with Crippen LogP contribution in [0.3, 0.4) is 0 Å². The van der Waals surface area contributed by atoms with Crippen LogP contribution >= 0.6 is 15.9 Å². The van der Waals surface area contributed by atoms with Gasteiger partial charge in [0.15, 0.2) is 0 Å². The Hall–Kier alpha value is -1.23. The van der Waals surface area contributed by atoms with Gasteiger partial charge in [-0.05, 0) is 30.7 Å². The van der Waals surface area contributed by atoms with Crippen molar-refractivity contribution in [2.75, 3.05) is 19.7 Å². The first kappa shape index (κ1) is 12.2. The second-order valence-corrected chi connectivity index (χ2v) is 5.06. The van der Waals surface area contributed by atoms with Crippen LogP contribution < -0.4 is 4.74 Å². The molecule has 2 rings (SSSR count).